The van der Waals surface area contributed by atoms with E-state index in [-0.39, 0.29) is 31.3 Å². The van der Waals surface area contributed by atoms with Gasteiger partial charge in [0, 0.05) is 31.6 Å². The molecule has 0 unspecified atom stereocenters. The van der Waals surface area contributed by atoms with Crippen LogP contribution >= 0.6 is 0 Å². The first-order chi connectivity index (χ1) is 12.8. The number of piperidine rings is 1. The van der Waals surface area contributed by atoms with Gasteiger partial charge in [0.25, 0.3) is 5.92 Å². The first-order valence-corrected chi connectivity index (χ1v) is 8.85. The highest BCUT2D eigenvalue weighted by molar-refractivity contribution is 5.91. The van der Waals surface area contributed by atoms with E-state index in [1.165, 1.54) is 18.6 Å². The lowest BCUT2D eigenvalue weighted by Crippen LogP contribution is -2.54. The van der Waals surface area contributed by atoms with Gasteiger partial charge in [-0.25, -0.2) is 23.1 Å². The number of hydrogen-bond acceptors (Lipinski definition) is 4. The van der Waals surface area contributed by atoms with Crippen molar-refractivity contribution >= 4 is 22.8 Å². The Hall–Kier alpha value is -2.58. The Bertz CT molecular complexity index is 898. The Balaban J connectivity index is 1.64. The van der Waals surface area contributed by atoms with Gasteiger partial charge in [0.1, 0.15) is 24.0 Å². The summed E-state index contributed by atoms with van der Waals surface area (Å²) in [4.78, 5) is 24.7. The molecule has 0 bridgehead atoms. The molecule has 4 atom stereocenters. The minimum Gasteiger partial charge on any atom is -0.362 e. The van der Waals surface area contributed by atoms with Crippen LogP contribution in [0.3, 0.4) is 0 Å². The van der Waals surface area contributed by atoms with E-state index >= 15 is 0 Å². The number of likely N-dealkylation sites (tertiary alicyclic amines) is 1. The highest BCUT2D eigenvalue weighted by Gasteiger charge is 2.58. The Morgan fingerprint density at radius 3 is 2.89 bits per heavy atom. The van der Waals surface area contributed by atoms with E-state index in [4.69, 9.17) is 0 Å². The molecule has 0 spiro atoms. The molecule has 9 heteroatoms. The van der Waals surface area contributed by atoms with Crippen LogP contribution in [0, 0.1) is 0 Å². The van der Waals surface area contributed by atoms with Gasteiger partial charge in [-0.3, -0.25) is 4.79 Å². The lowest BCUT2D eigenvalue weighted by molar-refractivity contribution is -0.130. The maximum Gasteiger partial charge on any atom is 0.256 e. The largest absolute Gasteiger partial charge is 0.362 e. The molecule has 1 saturated heterocycles. The van der Waals surface area contributed by atoms with Crippen molar-refractivity contribution in [3.63, 3.8) is 0 Å². The number of nitrogens with zero attached hydrogens (tertiary/aromatic N) is 3. The van der Waals surface area contributed by atoms with Crippen molar-refractivity contribution in [2.75, 3.05) is 11.9 Å². The fourth-order valence-electron chi connectivity index (χ4n) is 3.78. The second-order valence-corrected chi connectivity index (χ2v) is 7.25. The van der Waals surface area contributed by atoms with Gasteiger partial charge in [-0.2, -0.15) is 0 Å². The summed E-state index contributed by atoms with van der Waals surface area (Å²) >= 11 is 0. The van der Waals surface area contributed by atoms with E-state index < -0.39 is 24.1 Å². The summed E-state index contributed by atoms with van der Waals surface area (Å²) in [6, 6.07) is -0.951. The number of H-pyrrole nitrogens is 1. The smallest absolute Gasteiger partial charge is 0.256 e. The Morgan fingerprint density at radius 2 is 2.22 bits per heavy atom. The first-order valence-electron chi connectivity index (χ1n) is 8.85. The van der Waals surface area contributed by atoms with Gasteiger partial charge in [-0.05, 0) is 18.6 Å². The highest BCUT2D eigenvalue weighted by Crippen LogP contribution is 2.57. The van der Waals surface area contributed by atoms with E-state index in [2.05, 4.69) is 26.8 Å². The van der Waals surface area contributed by atoms with Gasteiger partial charge in [0.15, 0.2) is 0 Å². The summed E-state index contributed by atoms with van der Waals surface area (Å²) in [5, 5.41) is 3.47. The van der Waals surface area contributed by atoms with Crippen molar-refractivity contribution in [2.24, 2.45) is 0 Å². The molecule has 2 N–H and O–H groups in total. The normalized spacial score (nSPS) is 29.6. The standard InChI is InChI=1S/C18H20F3N5O/c1-3-14(27)26-7-13(12(19)4-9(26)2)25-17-15-10(11-5-18(11,20)21)6-22-16(15)23-8-24-17/h3,6,8-9,11-13H,1,4-5,7H2,2H3,(H2,22,23,24,25)/t9-,11+,12-,13-/m0/s1. The lowest BCUT2D eigenvalue weighted by Gasteiger charge is -2.40. The van der Waals surface area contributed by atoms with Crippen LogP contribution in [0.15, 0.2) is 25.2 Å². The zero-order valence-electron chi connectivity index (χ0n) is 14.8. The summed E-state index contributed by atoms with van der Waals surface area (Å²) in [5.74, 6) is -3.59. The Morgan fingerprint density at radius 1 is 1.48 bits per heavy atom. The molecule has 1 amide bonds. The third kappa shape index (κ3) is 3.04. The van der Waals surface area contributed by atoms with E-state index in [0.717, 1.165) is 0 Å². The molecule has 2 fully saturated rings. The second-order valence-electron chi connectivity index (χ2n) is 7.25. The number of fused-ring (bicyclic) bond motifs is 1. The van der Waals surface area contributed by atoms with Gasteiger partial charge in [-0.15, -0.1) is 0 Å². The summed E-state index contributed by atoms with van der Waals surface area (Å²) in [6.07, 6.45) is 2.76. The predicted octanol–water partition coefficient (Wildman–Crippen LogP) is 3.01. The molecular formula is C18H20F3N5O. The highest BCUT2D eigenvalue weighted by atomic mass is 19.3. The van der Waals surface area contributed by atoms with Crippen LogP contribution in [-0.4, -0.2) is 56.5 Å². The Kier molecular flexibility index (Phi) is 4.12. The molecule has 0 aromatic carbocycles. The van der Waals surface area contributed by atoms with Crippen LogP contribution in [-0.2, 0) is 4.79 Å². The van der Waals surface area contributed by atoms with Crippen molar-refractivity contribution in [3.05, 3.63) is 30.7 Å². The van der Waals surface area contributed by atoms with E-state index in [1.807, 2.05) is 0 Å². The molecule has 2 aliphatic rings. The summed E-state index contributed by atoms with van der Waals surface area (Å²) < 4.78 is 41.8. The number of hydrogen-bond donors (Lipinski definition) is 2. The van der Waals surface area contributed by atoms with E-state index in [9.17, 15) is 18.0 Å². The number of halogens is 3. The van der Waals surface area contributed by atoms with Gasteiger partial charge in [0.05, 0.1) is 17.3 Å². The van der Waals surface area contributed by atoms with Crippen molar-refractivity contribution in [2.45, 2.75) is 49.9 Å². The maximum atomic E-state index is 14.6. The van der Waals surface area contributed by atoms with Crippen molar-refractivity contribution in [3.8, 4) is 0 Å². The molecule has 144 valence electrons. The number of aromatic nitrogens is 3. The predicted molar refractivity (Wildman–Crippen MR) is 94.5 cm³/mol. The molecule has 4 rings (SSSR count). The quantitative estimate of drug-likeness (QED) is 0.801. The monoisotopic (exact) mass is 379 g/mol. The number of rotatable bonds is 4. The average Bonchev–Trinajstić information content (AvgIpc) is 3.06. The number of amides is 1. The SMILES string of the molecule is C=CC(=O)N1C[C@H](Nc2ncnc3[nH]cc([C@H]4CC4(F)F)c23)[C@@H](F)C[C@@H]1C. The minimum absolute atomic E-state index is 0.137. The molecule has 2 aromatic rings. The molecule has 6 nitrogen and oxygen atoms in total. The first kappa shape index (κ1) is 17.8. The third-order valence-corrected chi connectivity index (χ3v) is 5.41. The van der Waals surface area contributed by atoms with Crippen molar-refractivity contribution in [1.82, 2.24) is 19.9 Å². The topological polar surface area (TPSA) is 73.9 Å². The second kappa shape index (κ2) is 6.24. The molecule has 0 radical (unpaired) electrons. The molecule has 27 heavy (non-hydrogen) atoms. The van der Waals surface area contributed by atoms with Crippen molar-refractivity contribution in [1.29, 1.82) is 0 Å². The van der Waals surface area contributed by atoms with Gasteiger partial charge >= 0.3 is 0 Å². The lowest BCUT2D eigenvalue weighted by atomic mass is 9.97. The fourth-order valence-corrected chi connectivity index (χ4v) is 3.78. The Labute approximate surface area is 153 Å². The summed E-state index contributed by atoms with van der Waals surface area (Å²) in [6.45, 7) is 5.40. The van der Waals surface area contributed by atoms with Crippen LogP contribution in [0.5, 0.6) is 0 Å². The maximum absolute atomic E-state index is 14.6. The zero-order valence-corrected chi connectivity index (χ0v) is 14.8. The molecule has 1 saturated carbocycles. The number of carbonyl (C=O) groups excluding carboxylic acids is 1. The number of aromatic amines is 1. The number of anilines is 1. The number of nitrogens with one attached hydrogen (secondary N) is 2. The van der Waals surface area contributed by atoms with Gasteiger partial charge < -0.3 is 15.2 Å². The van der Waals surface area contributed by atoms with Crippen LogP contribution in [0.25, 0.3) is 11.0 Å². The number of alkyl halides is 3. The zero-order chi connectivity index (χ0) is 19.3. The fraction of sp³-hybridized carbons (Fsp3) is 0.500. The molecule has 1 aliphatic heterocycles. The summed E-state index contributed by atoms with van der Waals surface area (Å²) in [5.41, 5.74) is 0.848. The summed E-state index contributed by atoms with van der Waals surface area (Å²) in [7, 11) is 0. The molecule has 1 aliphatic carbocycles. The van der Waals surface area contributed by atoms with Crippen LogP contribution in [0.1, 0.15) is 31.2 Å². The van der Waals surface area contributed by atoms with Crippen LogP contribution < -0.4 is 5.32 Å². The van der Waals surface area contributed by atoms with E-state index in [0.29, 0.717) is 22.4 Å². The van der Waals surface area contributed by atoms with Gasteiger partial charge in [0.2, 0.25) is 5.91 Å². The van der Waals surface area contributed by atoms with Gasteiger partial charge in [-0.1, -0.05) is 6.58 Å². The third-order valence-electron chi connectivity index (χ3n) is 5.41. The number of carbonyl (C=O) groups is 1. The molecular weight excluding hydrogens is 359 g/mol. The van der Waals surface area contributed by atoms with Crippen LogP contribution in [0.4, 0.5) is 19.0 Å². The average molecular weight is 379 g/mol. The van der Waals surface area contributed by atoms with Crippen LogP contribution in [0.2, 0.25) is 0 Å². The minimum atomic E-state index is -2.74. The van der Waals surface area contributed by atoms with E-state index in [1.54, 1.807) is 11.8 Å². The molecule has 3 heterocycles. The van der Waals surface area contributed by atoms with Crippen molar-refractivity contribution < 1.29 is 18.0 Å². The molecule has 2 aromatic heterocycles.